The van der Waals surface area contributed by atoms with E-state index >= 15 is 0 Å². The monoisotopic (exact) mass is 474 g/mol. The number of carbonyl (C=O) groups excluding carboxylic acids is 1. The highest BCUT2D eigenvalue weighted by atomic mass is 79.9. The summed E-state index contributed by atoms with van der Waals surface area (Å²) < 4.78 is 29.9. The molecule has 0 saturated heterocycles. The average molecular weight is 475 g/mol. The quantitative estimate of drug-likeness (QED) is 0.712. The minimum absolute atomic E-state index is 0.110. The van der Waals surface area contributed by atoms with Gasteiger partial charge in [-0.25, -0.2) is 8.42 Å². The van der Waals surface area contributed by atoms with Crippen LogP contribution in [0.1, 0.15) is 42.4 Å². The van der Waals surface area contributed by atoms with Crippen molar-refractivity contribution in [2.75, 3.05) is 16.2 Å². The Hall–Kier alpha value is -1.86. The van der Waals surface area contributed by atoms with Crippen LogP contribution in [0.2, 0.25) is 0 Å². The van der Waals surface area contributed by atoms with Gasteiger partial charge in [0.2, 0.25) is 5.91 Å². The number of anilines is 2. The SMILES string of the molecule is O=C(C1CC1)N1CCc2cc(Br)c(S(=O)(=O)Nc3cccc4c3CCCC4)cc21. The molecule has 2 aromatic carbocycles. The Morgan fingerprint density at radius 2 is 1.86 bits per heavy atom. The van der Waals surface area contributed by atoms with Crippen LogP contribution in [0.3, 0.4) is 0 Å². The lowest BCUT2D eigenvalue weighted by atomic mass is 9.91. The Kier molecular flexibility index (Phi) is 4.70. The third-order valence-electron chi connectivity index (χ3n) is 6.15. The van der Waals surface area contributed by atoms with Crippen molar-refractivity contribution in [3.63, 3.8) is 0 Å². The van der Waals surface area contributed by atoms with E-state index in [2.05, 4.69) is 26.7 Å². The molecule has 1 heterocycles. The van der Waals surface area contributed by atoms with Gasteiger partial charge in [-0.1, -0.05) is 12.1 Å². The van der Waals surface area contributed by atoms with Crippen molar-refractivity contribution in [2.45, 2.75) is 49.8 Å². The van der Waals surface area contributed by atoms with Gasteiger partial charge in [-0.3, -0.25) is 9.52 Å². The second-order valence-corrected chi connectivity index (χ2v) is 10.7. The summed E-state index contributed by atoms with van der Waals surface area (Å²) in [4.78, 5) is 14.6. The Labute approximate surface area is 179 Å². The number of nitrogens with zero attached hydrogens (tertiary/aromatic N) is 1. The fraction of sp³-hybridized carbons (Fsp3) is 0.409. The summed E-state index contributed by atoms with van der Waals surface area (Å²) in [5.74, 6) is 0.234. The largest absolute Gasteiger partial charge is 0.312 e. The summed E-state index contributed by atoms with van der Waals surface area (Å²) in [6, 6.07) is 9.34. The minimum atomic E-state index is -3.79. The summed E-state index contributed by atoms with van der Waals surface area (Å²) in [6.45, 7) is 0.625. The lowest BCUT2D eigenvalue weighted by molar-refractivity contribution is -0.119. The first kappa shape index (κ1) is 19.1. The molecular weight excluding hydrogens is 452 g/mol. The van der Waals surface area contributed by atoms with Crippen LogP contribution in [0.4, 0.5) is 11.4 Å². The highest BCUT2D eigenvalue weighted by Gasteiger charge is 2.37. The number of fused-ring (bicyclic) bond motifs is 2. The predicted octanol–water partition coefficient (Wildman–Crippen LogP) is 4.43. The van der Waals surface area contributed by atoms with Crippen molar-refractivity contribution in [1.29, 1.82) is 0 Å². The van der Waals surface area contributed by atoms with Gasteiger partial charge in [0.05, 0.1) is 5.69 Å². The predicted molar refractivity (Wildman–Crippen MR) is 117 cm³/mol. The van der Waals surface area contributed by atoms with E-state index in [1.165, 1.54) is 5.56 Å². The van der Waals surface area contributed by atoms with Crippen LogP contribution in [0.25, 0.3) is 0 Å². The van der Waals surface area contributed by atoms with Crippen LogP contribution in [-0.2, 0) is 34.1 Å². The molecule has 29 heavy (non-hydrogen) atoms. The van der Waals surface area contributed by atoms with E-state index in [0.717, 1.165) is 61.8 Å². The van der Waals surface area contributed by atoms with Crippen LogP contribution in [0.15, 0.2) is 39.7 Å². The Morgan fingerprint density at radius 1 is 1.07 bits per heavy atom. The zero-order chi connectivity index (χ0) is 20.2. The third kappa shape index (κ3) is 3.48. The molecule has 5 rings (SSSR count). The van der Waals surface area contributed by atoms with Crippen LogP contribution in [-0.4, -0.2) is 20.9 Å². The van der Waals surface area contributed by atoms with Crippen molar-refractivity contribution in [3.8, 4) is 0 Å². The standard InChI is InChI=1S/C22H23BrN2O3S/c23-18-12-16-10-11-25(22(26)15-8-9-15)20(16)13-21(18)29(27,28)24-19-7-3-5-14-4-1-2-6-17(14)19/h3,5,7,12-13,15,24H,1-2,4,6,8-11H2. The number of rotatable bonds is 4. The van der Waals surface area contributed by atoms with E-state index in [4.69, 9.17) is 0 Å². The first-order valence-corrected chi connectivity index (χ1v) is 12.5. The molecule has 0 atom stereocenters. The number of aryl methyl sites for hydroxylation is 1. The lowest BCUT2D eigenvalue weighted by Crippen LogP contribution is -2.30. The van der Waals surface area contributed by atoms with Gasteiger partial charge < -0.3 is 4.90 Å². The van der Waals surface area contributed by atoms with Crippen molar-refractivity contribution in [1.82, 2.24) is 0 Å². The molecule has 1 saturated carbocycles. The minimum Gasteiger partial charge on any atom is -0.312 e. The highest BCUT2D eigenvalue weighted by molar-refractivity contribution is 9.10. The zero-order valence-electron chi connectivity index (χ0n) is 16.1. The molecule has 7 heteroatoms. The molecule has 2 aliphatic carbocycles. The van der Waals surface area contributed by atoms with Crippen LogP contribution in [0.5, 0.6) is 0 Å². The molecule has 3 aliphatic rings. The molecule has 0 radical (unpaired) electrons. The van der Waals surface area contributed by atoms with Gasteiger partial charge in [0.25, 0.3) is 10.0 Å². The number of sulfonamides is 1. The van der Waals surface area contributed by atoms with Gasteiger partial charge in [0, 0.05) is 22.6 Å². The first-order valence-electron chi connectivity index (χ1n) is 10.2. The summed E-state index contributed by atoms with van der Waals surface area (Å²) in [5, 5.41) is 0. The molecule has 0 unspecified atom stereocenters. The van der Waals surface area contributed by atoms with E-state index in [0.29, 0.717) is 16.7 Å². The van der Waals surface area contributed by atoms with E-state index < -0.39 is 10.0 Å². The van der Waals surface area contributed by atoms with E-state index in [1.54, 1.807) is 11.0 Å². The number of benzene rings is 2. The summed E-state index contributed by atoms with van der Waals surface area (Å²) in [7, 11) is -3.79. The van der Waals surface area contributed by atoms with Gasteiger partial charge in [0.15, 0.2) is 0 Å². The maximum Gasteiger partial charge on any atom is 0.263 e. The second-order valence-electron chi connectivity index (χ2n) is 8.18. The van der Waals surface area contributed by atoms with Gasteiger partial charge in [0.1, 0.15) is 4.90 Å². The number of nitrogens with one attached hydrogen (secondary N) is 1. The van der Waals surface area contributed by atoms with E-state index in [1.807, 2.05) is 18.2 Å². The second kappa shape index (κ2) is 7.13. The first-order chi connectivity index (χ1) is 13.9. The fourth-order valence-corrected chi connectivity index (χ4v) is 6.65. The number of carbonyl (C=O) groups is 1. The fourth-order valence-electron chi connectivity index (χ4n) is 4.45. The van der Waals surface area contributed by atoms with Gasteiger partial charge in [-0.05, 0) is 95.8 Å². The van der Waals surface area contributed by atoms with Crippen molar-refractivity contribution in [3.05, 3.63) is 51.5 Å². The Balaban J connectivity index is 1.50. The molecule has 5 nitrogen and oxygen atoms in total. The number of halogens is 1. The molecule has 0 aromatic heterocycles. The summed E-state index contributed by atoms with van der Waals surface area (Å²) in [5.41, 5.74) is 4.75. The van der Waals surface area contributed by atoms with Gasteiger partial charge in [-0.2, -0.15) is 0 Å². The van der Waals surface area contributed by atoms with Crippen molar-refractivity contribution in [2.24, 2.45) is 5.92 Å². The maximum absolute atomic E-state index is 13.3. The molecule has 1 N–H and O–H groups in total. The Bertz CT molecular complexity index is 1110. The average Bonchev–Trinajstić information content (AvgIpc) is 3.47. The zero-order valence-corrected chi connectivity index (χ0v) is 18.5. The number of amides is 1. The van der Waals surface area contributed by atoms with E-state index in [-0.39, 0.29) is 16.7 Å². The van der Waals surface area contributed by atoms with Crippen molar-refractivity contribution >= 4 is 43.2 Å². The lowest BCUT2D eigenvalue weighted by Gasteiger charge is -2.21. The van der Waals surface area contributed by atoms with Crippen LogP contribution in [0, 0.1) is 5.92 Å². The normalized spacial score (nSPS) is 18.3. The molecule has 0 bridgehead atoms. The molecule has 1 amide bonds. The van der Waals surface area contributed by atoms with Crippen LogP contribution < -0.4 is 9.62 Å². The van der Waals surface area contributed by atoms with E-state index in [9.17, 15) is 13.2 Å². The van der Waals surface area contributed by atoms with Crippen molar-refractivity contribution < 1.29 is 13.2 Å². The number of hydrogen-bond donors (Lipinski definition) is 1. The molecule has 2 aromatic rings. The Morgan fingerprint density at radius 3 is 2.66 bits per heavy atom. The maximum atomic E-state index is 13.3. The molecule has 1 fully saturated rings. The third-order valence-corrected chi connectivity index (χ3v) is 8.48. The smallest absolute Gasteiger partial charge is 0.263 e. The molecule has 152 valence electrons. The topological polar surface area (TPSA) is 66.5 Å². The van der Waals surface area contributed by atoms with Crippen LogP contribution >= 0.6 is 15.9 Å². The van der Waals surface area contributed by atoms with Gasteiger partial charge in [-0.15, -0.1) is 0 Å². The molecule has 0 spiro atoms. The number of hydrogen-bond acceptors (Lipinski definition) is 3. The summed E-state index contributed by atoms with van der Waals surface area (Å²) in [6.07, 6.45) is 6.73. The highest BCUT2D eigenvalue weighted by Crippen LogP contribution is 2.40. The molecule has 1 aliphatic heterocycles. The summed E-state index contributed by atoms with van der Waals surface area (Å²) >= 11 is 3.45. The molecular formula is C22H23BrN2O3S. The van der Waals surface area contributed by atoms with Gasteiger partial charge >= 0.3 is 0 Å².